The van der Waals surface area contributed by atoms with Crippen LogP contribution in [0.3, 0.4) is 0 Å². The summed E-state index contributed by atoms with van der Waals surface area (Å²) in [5.41, 5.74) is 6.84. The lowest BCUT2D eigenvalue weighted by Gasteiger charge is -2.11. The molecule has 4 aromatic rings. The Kier molecular flexibility index (Phi) is 6.09. The molecule has 0 saturated heterocycles. The van der Waals surface area contributed by atoms with Gasteiger partial charge in [-0.25, -0.2) is 9.78 Å². The van der Waals surface area contributed by atoms with E-state index in [-0.39, 0.29) is 16.6 Å². The third kappa shape index (κ3) is 5.77. The Balaban J connectivity index is 1.43. The molecule has 12 nitrogen and oxygen atoms in total. The molecule has 3 heterocycles. The number of nitrogen functional groups attached to an aromatic ring is 1. The van der Waals surface area contributed by atoms with Gasteiger partial charge in [-0.05, 0) is 31.2 Å². The highest BCUT2D eigenvalue weighted by Crippen LogP contribution is 2.31. The van der Waals surface area contributed by atoms with Gasteiger partial charge in [-0.2, -0.15) is 10.1 Å². The summed E-state index contributed by atoms with van der Waals surface area (Å²) < 4.78 is 5.73. The fourth-order valence-corrected chi connectivity index (χ4v) is 2.95. The van der Waals surface area contributed by atoms with Crippen molar-refractivity contribution in [2.75, 3.05) is 21.7 Å². The lowest BCUT2D eigenvalue weighted by atomic mass is 10.3. The maximum absolute atomic E-state index is 12.2. The lowest BCUT2D eigenvalue weighted by molar-refractivity contribution is 0.262. The molecule has 2 amide bonds. The zero-order valence-electron chi connectivity index (χ0n) is 17.1. The number of H-pyrrole nitrogens is 2. The second-order valence-corrected chi connectivity index (χ2v) is 7.18. The van der Waals surface area contributed by atoms with E-state index in [1.54, 1.807) is 31.2 Å². The number of anilines is 5. The fraction of sp³-hybridized carbons (Fsp3) is 0.0500. The Morgan fingerprint density at radius 3 is 2.58 bits per heavy atom. The van der Waals surface area contributed by atoms with Gasteiger partial charge in [-0.15, -0.1) is 0 Å². The summed E-state index contributed by atoms with van der Waals surface area (Å²) in [7, 11) is 0. The van der Waals surface area contributed by atoms with E-state index in [1.807, 2.05) is 0 Å². The molecule has 4 rings (SSSR count). The van der Waals surface area contributed by atoms with Crippen molar-refractivity contribution in [3.63, 3.8) is 0 Å². The molecule has 33 heavy (non-hydrogen) atoms. The molecule has 0 bridgehead atoms. The molecule has 0 fully saturated rings. The number of nitrogens with two attached hydrogens (primary N) is 1. The number of aromatic amines is 2. The van der Waals surface area contributed by atoms with Crippen LogP contribution in [-0.2, 0) is 0 Å². The number of benzene rings is 1. The van der Waals surface area contributed by atoms with Crippen molar-refractivity contribution in [2.45, 2.75) is 6.92 Å². The molecule has 0 saturated carbocycles. The van der Waals surface area contributed by atoms with Crippen LogP contribution in [0.5, 0.6) is 11.8 Å². The average Bonchev–Trinajstić information content (AvgIpc) is 3.16. The summed E-state index contributed by atoms with van der Waals surface area (Å²) in [6, 6.07) is 10.4. The molecule has 3 aromatic heterocycles. The number of hydrogen-bond donors (Lipinski definition) is 6. The summed E-state index contributed by atoms with van der Waals surface area (Å²) in [5, 5.41) is 15.1. The predicted octanol–water partition coefficient (Wildman–Crippen LogP) is 3.61. The minimum atomic E-state index is -0.510. The van der Waals surface area contributed by atoms with Crippen LogP contribution < -0.4 is 32.0 Å². The first-order valence-corrected chi connectivity index (χ1v) is 9.89. The number of carbonyl (C=O) groups is 1. The van der Waals surface area contributed by atoms with Gasteiger partial charge in [0.25, 0.3) is 0 Å². The molecule has 13 heteroatoms. The van der Waals surface area contributed by atoms with Gasteiger partial charge in [-0.1, -0.05) is 11.6 Å². The van der Waals surface area contributed by atoms with E-state index in [9.17, 15) is 9.59 Å². The van der Waals surface area contributed by atoms with Crippen molar-refractivity contribution in [3.05, 3.63) is 69.7 Å². The molecule has 0 spiro atoms. The van der Waals surface area contributed by atoms with Gasteiger partial charge < -0.3 is 31.4 Å². The molecule has 0 radical (unpaired) electrons. The number of aromatic nitrogens is 5. The number of amides is 2. The molecule has 1 aromatic carbocycles. The van der Waals surface area contributed by atoms with E-state index in [2.05, 4.69) is 41.1 Å². The van der Waals surface area contributed by atoms with Gasteiger partial charge in [0.15, 0.2) is 0 Å². The van der Waals surface area contributed by atoms with Crippen molar-refractivity contribution < 1.29 is 9.53 Å². The van der Waals surface area contributed by atoms with Gasteiger partial charge in [-0.3, -0.25) is 9.89 Å². The predicted molar refractivity (Wildman–Crippen MR) is 124 cm³/mol. The van der Waals surface area contributed by atoms with Gasteiger partial charge >= 0.3 is 12.0 Å². The van der Waals surface area contributed by atoms with Crippen molar-refractivity contribution in [1.82, 2.24) is 25.1 Å². The average molecular weight is 468 g/mol. The van der Waals surface area contributed by atoms with Gasteiger partial charge in [0.1, 0.15) is 23.2 Å². The van der Waals surface area contributed by atoms with Crippen LogP contribution in [0.2, 0.25) is 5.02 Å². The van der Waals surface area contributed by atoms with Crippen LogP contribution in [0.25, 0.3) is 0 Å². The highest BCUT2D eigenvalue weighted by Gasteiger charge is 2.11. The number of carbonyl (C=O) groups excluding carboxylic acids is 1. The Bertz CT molecular complexity index is 1350. The maximum Gasteiger partial charge on any atom is 0.324 e. The van der Waals surface area contributed by atoms with Crippen LogP contribution in [0.4, 0.5) is 33.6 Å². The first kappa shape index (κ1) is 21.6. The van der Waals surface area contributed by atoms with Gasteiger partial charge in [0, 0.05) is 35.8 Å². The van der Waals surface area contributed by atoms with Crippen LogP contribution in [0.1, 0.15) is 5.69 Å². The van der Waals surface area contributed by atoms with E-state index in [0.29, 0.717) is 40.3 Å². The van der Waals surface area contributed by atoms with Crippen LogP contribution in [0, 0.1) is 6.92 Å². The Morgan fingerprint density at radius 1 is 1.09 bits per heavy atom. The molecule has 0 aliphatic carbocycles. The minimum Gasteiger partial charge on any atom is -0.423 e. The van der Waals surface area contributed by atoms with E-state index in [4.69, 9.17) is 22.1 Å². The summed E-state index contributed by atoms with van der Waals surface area (Å²) in [4.78, 5) is 34.3. The van der Waals surface area contributed by atoms with Crippen LogP contribution in [0.15, 0.2) is 53.5 Å². The third-order valence-corrected chi connectivity index (χ3v) is 4.42. The number of hydrogen-bond acceptors (Lipinski definition) is 8. The Labute approximate surface area is 191 Å². The quantitative estimate of drug-likeness (QED) is 0.249. The zero-order valence-corrected chi connectivity index (χ0v) is 17.9. The number of nitrogens with zero attached hydrogens (tertiary/aromatic N) is 3. The molecular weight excluding hydrogens is 450 g/mol. The highest BCUT2D eigenvalue weighted by molar-refractivity contribution is 6.32. The molecule has 7 N–H and O–H groups in total. The first-order chi connectivity index (χ1) is 15.8. The van der Waals surface area contributed by atoms with E-state index < -0.39 is 6.03 Å². The second kappa shape index (κ2) is 9.28. The number of pyridine rings is 1. The topological polar surface area (TPSA) is 176 Å². The van der Waals surface area contributed by atoms with Crippen LogP contribution in [-0.4, -0.2) is 31.2 Å². The normalized spacial score (nSPS) is 10.5. The van der Waals surface area contributed by atoms with Crippen molar-refractivity contribution in [3.8, 4) is 11.8 Å². The van der Waals surface area contributed by atoms with Crippen LogP contribution >= 0.6 is 11.6 Å². The monoisotopic (exact) mass is 467 g/mol. The smallest absolute Gasteiger partial charge is 0.324 e. The number of ether oxygens (including phenoxy) is 1. The lowest BCUT2D eigenvalue weighted by Crippen LogP contribution is -2.20. The number of nitrogens with one attached hydrogen (secondary N) is 5. The first-order valence-electron chi connectivity index (χ1n) is 9.52. The number of aryl methyl sites for hydroxylation is 1. The van der Waals surface area contributed by atoms with Gasteiger partial charge in [0.05, 0.1) is 10.7 Å². The maximum atomic E-state index is 12.2. The van der Waals surface area contributed by atoms with Crippen molar-refractivity contribution in [2.24, 2.45) is 0 Å². The second-order valence-electron chi connectivity index (χ2n) is 6.78. The van der Waals surface area contributed by atoms with E-state index in [1.165, 1.54) is 24.4 Å². The zero-order chi connectivity index (χ0) is 23.4. The Hall–Kier alpha value is -4.58. The fourth-order valence-electron chi connectivity index (χ4n) is 2.73. The number of halogens is 1. The standard InChI is InChI=1S/C20H18ClN9O3/c1-10-6-16(27-17-8-15(22)29-30-17)28-20(24-10)33-14-4-2-11(7-13(14)21)25-19(32)26-12-3-5-18(31)23-9-12/h2-9H,1H3,(H,23,31)(H2,25,26,32)(H4,22,24,27,28,29,30). The Morgan fingerprint density at radius 2 is 1.88 bits per heavy atom. The van der Waals surface area contributed by atoms with E-state index in [0.717, 1.165) is 0 Å². The summed E-state index contributed by atoms with van der Waals surface area (Å²) in [5.74, 6) is 1.66. The molecule has 0 aliphatic rings. The highest BCUT2D eigenvalue weighted by atomic mass is 35.5. The number of urea groups is 1. The van der Waals surface area contributed by atoms with E-state index >= 15 is 0 Å². The number of rotatable bonds is 6. The minimum absolute atomic E-state index is 0.0726. The summed E-state index contributed by atoms with van der Waals surface area (Å²) in [6.07, 6.45) is 1.39. The molecule has 0 atom stereocenters. The summed E-state index contributed by atoms with van der Waals surface area (Å²) in [6.45, 7) is 1.79. The summed E-state index contributed by atoms with van der Waals surface area (Å²) >= 11 is 6.32. The molecule has 0 unspecified atom stereocenters. The molecular formula is C20H18ClN9O3. The SMILES string of the molecule is Cc1cc(Nc2cc(N)n[nH]2)nc(Oc2ccc(NC(=O)Nc3ccc(=O)[nH]c3)cc2Cl)n1. The largest absolute Gasteiger partial charge is 0.423 e. The molecule has 168 valence electrons. The molecule has 0 aliphatic heterocycles. The van der Waals surface area contributed by atoms with Crippen molar-refractivity contribution >= 4 is 46.5 Å². The van der Waals surface area contributed by atoms with Gasteiger partial charge in [0.2, 0.25) is 5.56 Å². The third-order valence-electron chi connectivity index (χ3n) is 4.13. The van der Waals surface area contributed by atoms with Crippen molar-refractivity contribution in [1.29, 1.82) is 0 Å².